The lowest BCUT2D eigenvalue weighted by Gasteiger charge is -2.24. The first-order valence-electron chi connectivity index (χ1n) is 6.29. The van der Waals surface area contributed by atoms with Crippen molar-refractivity contribution >= 4 is 6.09 Å². The maximum Gasteiger partial charge on any atom is 0.408 e. The van der Waals surface area contributed by atoms with Crippen LogP contribution < -0.4 is 5.32 Å². The van der Waals surface area contributed by atoms with Crippen LogP contribution in [0.25, 0.3) is 0 Å². The van der Waals surface area contributed by atoms with Crippen molar-refractivity contribution in [3.63, 3.8) is 0 Å². The Morgan fingerprint density at radius 1 is 1.12 bits per heavy atom. The minimum Gasteiger partial charge on any atom is -0.444 e. The van der Waals surface area contributed by atoms with Crippen LogP contribution in [-0.4, -0.2) is 17.7 Å². The Morgan fingerprint density at radius 2 is 1.65 bits per heavy atom. The summed E-state index contributed by atoms with van der Waals surface area (Å²) in [5.74, 6) is 0.828. The van der Waals surface area contributed by atoms with Crippen LogP contribution in [0.3, 0.4) is 0 Å². The van der Waals surface area contributed by atoms with E-state index in [1.807, 2.05) is 26.8 Å². The Labute approximate surface area is 106 Å². The van der Waals surface area contributed by atoms with Crippen molar-refractivity contribution in [1.29, 1.82) is 0 Å². The van der Waals surface area contributed by atoms with E-state index in [4.69, 9.17) is 4.74 Å². The van der Waals surface area contributed by atoms with Gasteiger partial charge in [0, 0.05) is 0 Å². The molecule has 0 aromatic carbocycles. The molecule has 0 radical (unpaired) electrons. The first-order chi connectivity index (χ1) is 7.61. The third-order valence-corrected chi connectivity index (χ3v) is 2.10. The lowest BCUT2D eigenvalue weighted by Crippen LogP contribution is -2.40. The highest BCUT2D eigenvalue weighted by atomic mass is 16.6. The molecule has 0 spiro atoms. The SMILES string of the molecule is CC(C)/C=C/C(NC(=O)OC(C)(C)C)C(C)C. The van der Waals surface area contributed by atoms with Gasteiger partial charge in [0.15, 0.2) is 0 Å². The normalized spacial score (nSPS) is 14.4. The lowest BCUT2D eigenvalue weighted by molar-refractivity contribution is 0.0504. The van der Waals surface area contributed by atoms with E-state index in [2.05, 4.69) is 39.1 Å². The topological polar surface area (TPSA) is 38.3 Å². The van der Waals surface area contributed by atoms with Gasteiger partial charge in [-0.1, -0.05) is 39.8 Å². The minimum atomic E-state index is -0.451. The van der Waals surface area contributed by atoms with Crippen molar-refractivity contribution in [3.05, 3.63) is 12.2 Å². The van der Waals surface area contributed by atoms with E-state index in [1.165, 1.54) is 0 Å². The molecule has 1 amide bonds. The van der Waals surface area contributed by atoms with Crippen LogP contribution in [0.2, 0.25) is 0 Å². The molecule has 0 saturated heterocycles. The fourth-order valence-electron chi connectivity index (χ4n) is 1.22. The molecule has 3 heteroatoms. The van der Waals surface area contributed by atoms with E-state index in [0.29, 0.717) is 11.8 Å². The Hall–Kier alpha value is -0.990. The molecule has 0 rings (SSSR count). The molecular weight excluding hydrogens is 214 g/mol. The number of carbonyl (C=O) groups is 1. The molecule has 0 fully saturated rings. The highest BCUT2D eigenvalue weighted by Crippen LogP contribution is 2.10. The van der Waals surface area contributed by atoms with Gasteiger partial charge in [-0.2, -0.15) is 0 Å². The number of nitrogens with one attached hydrogen (secondary N) is 1. The molecular formula is C14H27NO2. The zero-order chi connectivity index (χ0) is 13.6. The molecule has 0 aliphatic carbocycles. The lowest BCUT2D eigenvalue weighted by atomic mass is 10.0. The Morgan fingerprint density at radius 3 is 2.00 bits per heavy atom. The van der Waals surface area contributed by atoms with Crippen LogP contribution in [0, 0.1) is 11.8 Å². The third kappa shape index (κ3) is 8.78. The van der Waals surface area contributed by atoms with E-state index in [9.17, 15) is 4.79 Å². The molecule has 0 aliphatic heterocycles. The Kier molecular flexibility index (Phi) is 6.29. The van der Waals surface area contributed by atoms with Crippen LogP contribution in [-0.2, 0) is 4.74 Å². The predicted octanol–water partition coefficient (Wildman–Crippen LogP) is 3.75. The van der Waals surface area contributed by atoms with E-state index in [0.717, 1.165) is 0 Å². The number of carbonyl (C=O) groups excluding carboxylic acids is 1. The summed E-state index contributed by atoms with van der Waals surface area (Å²) in [6.45, 7) is 14.0. The molecule has 0 aromatic heterocycles. The maximum absolute atomic E-state index is 11.7. The van der Waals surface area contributed by atoms with Crippen molar-refractivity contribution < 1.29 is 9.53 Å². The fraction of sp³-hybridized carbons (Fsp3) is 0.786. The van der Waals surface area contributed by atoms with E-state index in [1.54, 1.807) is 0 Å². The molecule has 0 heterocycles. The van der Waals surface area contributed by atoms with Gasteiger partial charge in [-0.3, -0.25) is 0 Å². The number of alkyl carbamates (subject to hydrolysis) is 1. The van der Waals surface area contributed by atoms with E-state index < -0.39 is 5.60 Å². The standard InChI is InChI=1S/C14H27NO2/c1-10(2)8-9-12(11(3)4)15-13(16)17-14(5,6)7/h8-12H,1-7H3,(H,15,16)/b9-8+. The van der Waals surface area contributed by atoms with Gasteiger partial charge in [0.2, 0.25) is 0 Å². The zero-order valence-corrected chi connectivity index (χ0v) is 12.2. The molecule has 0 aliphatic rings. The zero-order valence-electron chi connectivity index (χ0n) is 12.2. The summed E-state index contributed by atoms with van der Waals surface area (Å²) in [5, 5.41) is 2.88. The van der Waals surface area contributed by atoms with Gasteiger partial charge in [-0.05, 0) is 32.6 Å². The van der Waals surface area contributed by atoms with Gasteiger partial charge >= 0.3 is 6.09 Å². The largest absolute Gasteiger partial charge is 0.444 e. The molecule has 100 valence electrons. The molecule has 0 bridgehead atoms. The summed E-state index contributed by atoms with van der Waals surface area (Å²) in [4.78, 5) is 11.7. The van der Waals surface area contributed by atoms with Crippen LogP contribution in [0.15, 0.2) is 12.2 Å². The van der Waals surface area contributed by atoms with Crippen molar-refractivity contribution in [1.82, 2.24) is 5.32 Å². The number of hydrogen-bond acceptors (Lipinski definition) is 2. The molecule has 1 atom stereocenters. The summed E-state index contributed by atoms with van der Waals surface area (Å²) in [6.07, 6.45) is 3.78. The predicted molar refractivity (Wildman–Crippen MR) is 72.0 cm³/mol. The highest BCUT2D eigenvalue weighted by molar-refractivity contribution is 5.68. The second-order valence-electron chi connectivity index (χ2n) is 6.04. The molecule has 1 N–H and O–H groups in total. The number of allylic oxidation sites excluding steroid dienone is 1. The highest BCUT2D eigenvalue weighted by Gasteiger charge is 2.19. The monoisotopic (exact) mass is 241 g/mol. The first-order valence-corrected chi connectivity index (χ1v) is 6.29. The summed E-state index contributed by atoms with van der Waals surface area (Å²) < 4.78 is 5.24. The van der Waals surface area contributed by atoms with Crippen LogP contribution >= 0.6 is 0 Å². The number of ether oxygens (including phenoxy) is 1. The number of rotatable bonds is 4. The quantitative estimate of drug-likeness (QED) is 0.761. The van der Waals surface area contributed by atoms with Crippen molar-refractivity contribution in [2.24, 2.45) is 11.8 Å². The van der Waals surface area contributed by atoms with E-state index in [-0.39, 0.29) is 12.1 Å². The van der Waals surface area contributed by atoms with Crippen molar-refractivity contribution in [2.75, 3.05) is 0 Å². The van der Waals surface area contributed by atoms with Gasteiger partial charge in [-0.25, -0.2) is 4.79 Å². The second-order valence-corrected chi connectivity index (χ2v) is 6.04. The number of amides is 1. The molecule has 1 unspecified atom stereocenters. The summed E-state index contributed by atoms with van der Waals surface area (Å²) in [7, 11) is 0. The molecule has 3 nitrogen and oxygen atoms in total. The van der Waals surface area contributed by atoms with Gasteiger partial charge in [-0.15, -0.1) is 0 Å². The minimum absolute atomic E-state index is 0.0206. The second kappa shape index (κ2) is 6.67. The maximum atomic E-state index is 11.7. The molecule has 0 aromatic rings. The van der Waals surface area contributed by atoms with Crippen LogP contribution in [0.1, 0.15) is 48.5 Å². The van der Waals surface area contributed by atoms with Crippen molar-refractivity contribution in [2.45, 2.75) is 60.1 Å². The van der Waals surface area contributed by atoms with Gasteiger partial charge in [0.05, 0.1) is 6.04 Å². The Bertz CT molecular complexity index is 262. The first kappa shape index (κ1) is 16.0. The smallest absolute Gasteiger partial charge is 0.408 e. The summed E-state index contributed by atoms with van der Waals surface area (Å²) in [5.41, 5.74) is -0.451. The van der Waals surface area contributed by atoms with Gasteiger partial charge in [0.1, 0.15) is 5.60 Å². The average molecular weight is 241 g/mol. The van der Waals surface area contributed by atoms with Gasteiger partial charge in [0.25, 0.3) is 0 Å². The average Bonchev–Trinajstić information content (AvgIpc) is 2.08. The van der Waals surface area contributed by atoms with Gasteiger partial charge < -0.3 is 10.1 Å². The summed E-state index contributed by atoms with van der Waals surface area (Å²) >= 11 is 0. The van der Waals surface area contributed by atoms with Crippen LogP contribution in [0.4, 0.5) is 4.79 Å². The van der Waals surface area contributed by atoms with Crippen LogP contribution in [0.5, 0.6) is 0 Å². The fourth-order valence-corrected chi connectivity index (χ4v) is 1.22. The Balaban J connectivity index is 4.41. The summed E-state index contributed by atoms with van der Waals surface area (Å²) in [6, 6.07) is 0.0206. The third-order valence-electron chi connectivity index (χ3n) is 2.10. The molecule has 0 saturated carbocycles. The molecule has 17 heavy (non-hydrogen) atoms. The number of hydrogen-bond donors (Lipinski definition) is 1. The van der Waals surface area contributed by atoms with E-state index >= 15 is 0 Å². The van der Waals surface area contributed by atoms with Crippen molar-refractivity contribution in [3.8, 4) is 0 Å².